The van der Waals surface area contributed by atoms with Crippen LogP contribution in [0.4, 0.5) is 0 Å². The zero-order chi connectivity index (χ0) is 19.6. The van der Waals surface area contributed by atoms with E-state index in [1.165, 1.54) is 16.7 Å². The molecule has 1 amide bonds. The second-order valence-corrected chi connectivity index (χ2v) is 6.92. The Labute approximate surface area is 167 Å². The van der Waals surface area contributed by atoms with Crippen molar-refractivity contribution in [3.05, 3.63) is 102 Å². The van der Waals surface area contributed by atoms with E-state index in [-0.39, 0.29) is 11.8 Å². The largest absolute Gasteiger partial charge is 0.493 e. The van der Waals surface area contributed by atoms with Crippen molar-refractivity contribution in [3.63, 3.8) is 0 Å². The average Bonchev–Trinajstić information content (AvgIpc) is 2.74. The quantitative estimate of drug-likeness (QED) is 0.566. The Kier molecular flexibility index (Phi) is 7.25. The third kappa shape index (κ3) is 5.98. The normalized spacial score (nSPS) is 10.6. The van der Waals surface area contributed by atoms with Crippen molar-refractivity contribution < 1.29 is 9.53 Å². The van der Waals surface area contributed by atoms with Gasteiger partial charge in [0.2, 0.25) is 5.91 Å². The minimum absolute atomic E-state index is 0.0204. The Bertz CT molecular complexity index is 805. The summed E-state index contributed by atoms with van der Waals surface area (Å²) in [6.07, 6.45) is 1.22. The number of benzene rings is 3. The van der Waals surface area contributed by atoms with Crippen molar-refractivity contribution in [2.75, 3.05) is 13.2 Å². The lowest BCUT2D eigenvalue weighted by Crippen LogP contribution is -2.27. The molecule has 0 unspecified atom stereocenters. The molecule has 0 bridgehead atoms. The third-order valence-electron chi connectivity index (χ3n) is 4.78. The van der Waals surface area contributed by atoms with Crippen molar-refractivity contribution in [1.82, 2.24) is 5.32 Å². The van der Waals surface area contributed by atoms with E-state index in [1.807, 2.05) is 43.3 Å². The zero-order valence-corrected chi connectivity index (χ0v) is 16.3. The summed E-state index contributed by atoms with van der Waals surface area (Å²) in [5.41, 5.74) is 3.73. The van der Waals surface area contributed by atoms with E-state index in [4.69, 9.17) is 4.74 Å². The van der Waals surface area contributed by atoms with Crippen molar-refractivity contribution in [2.45, 2.75) is 25.7 Å². The summed E-state index contributed by atoms with van der Waals surface area (Å²) < 4.78 is 5.64. The van der Waals surface area contributed by atoms with Crippen LogP contribution in [0.15, 0.2) is 84.9 Å². The van der Waals surface area contributed by atoms with Crippen LogP contribution in [-0.2, 0) is 4.79 Å². The molecule has 0 aliphatic heterocycles. The number of ether oxygens (including phenoxy) is 1. The molecule has 28 heavy (non-hydrogen) atoms. The Morgan fingerprint density at radius 1 is 0.857 bits per heavy atom. The fraction of sp³-hybridized carbons (Fsp3) is 0.240. The molecule has 0 aromatic heterocycles. The number of carbonyl (C=O) groups is 1. The van der Waals surface area contributed by atoms with Crippen LogP contribution in [-0.4, -0.2) is 19.1 Å². The van der Waals surface area contributed by atoms with Gasteiger partial charge in [-0.2, -0.15) is 0 Å². The monoisotopic (exact) mass is 373 g/mol. The number of aryl methyl sites for hydroxylation is 1. The first-order valence-corrected chi connectivity index (χ1v) is 9.78. The molecule has 0 atom stereocenters. The summed E-state index contributed by atoms with van der Waals surface area (Å²) in [7, 11) is 0. The molecule has 144 valence electrons. The van der Waals surface area contributed by atoms with Crippen LogP contribution in [0, 0.1) is 6.92 Å². The fourth-order valence-electron chi connectivity index (χ4n) is 3.24. The fourth-order valence-corrected chi connectivity index (χ4v) is 3.24. The molecule has 3 rings (SSSR count). The van der Waals surface area contributed by atoms with E-state index in [1.54, 1.807) is 0 Å². The second kappa shape index (κ2) is 10.3. The predicted molar refractivity (Wildman–Crippen MR) is 114 cm³/mol. The Hall–Kier alpha value is -3.07. The highest BCUT2D eigenvalue weighted by Crippen LogP contribution is 2.27. The van der Waals surface area contributed by atoms with Crippen LogP contribution in [0.3, 0.4) is 0 Å². The number of hydrogen-bond donors (Lipinski definition) is 1. The highest BCUT2D eigenvalue weighted by atomic mass is 16.5. The minimum atomic E-state index is 0.0204. The Morgan fingerprint density at radius 2 is 1.43 bits per heavy atom. The third-order valence-corrected chi connectivity index (χ3v) is 4.78. The van der Waals surface area contributed by atoms with Crippen molar-refractivity contribution in [2.24, 2.45) is 0 Å². The van der Waals surface area contributed by atoms with Gasteiger partial charge in [0.05, 0.1) is 13.0 Å². The summed E-state index contributed by atoms with van der Waals surface area (Å²) >= 11 is 0. The van der Waals surface area contributed by atoms with Crippen LogP contribution >= 0.6 is 0 Å². The molecule has 3 heteroatoms. The van der Waals surface area contributed by atoms with Crippen LogP contribution in [0.1, 0.15) is 35.4 Å². The maximum atomic E-state index is 12.2. The molecule has 0 saturated heterocycles. The molecule has 1 N–H and O–H groups in total. The van der Waals surface area contributed by atoms with Crippen LogP contribution < -0.4 is 10.1 Å². The van der Waals surface area contributed by atoms with Gasteiger partial charge in [-0.1, -0.05) is 78.4 Å². The SMILES string of the molecule is Cc1ccc(OCCC(=O)NCCC(c2ccccc2)c2ccccc2)cc1. The van der Waals surface area contributed by atoms with E-state index in [0.717, 1.165) is 12.2 Å². The van der Waals surface area contributed by atoms with E-state index in [0.29, 0.717) is 19.6 Å². The summed E-state index contributed by atoms with van der Waals surface area (Å²) in [4.78, 5) is 12.2. The van der Waals surface area contributed by atoms with Gasteiger partial charge in [-0.15, -0.1) is 0 Å². The number of amides is 1. The van der Waals surface area contributed by atoms with E-state index >= 15 is 0 Å². The summed E-state index contributed by atoms with van der Waals surface area (Å²) in [6.45, 7) is 3.06. The van der Waals surface area contributed by atoms with E-state index in [2.05, 4.69) is 53.8 Å². The Morgan fingerprint density at radius 3 is 2.00 bits per heavy atom. The smallest absolute Gasteiger partial charge is 0.223 e. The average molecular weight is 373 g/mol. The number of rotatable bonds is 9. The second-order valence-electron chi connectivity index (χ2n) is 6.92. The van der Waals surface area contributed by atoms with Crippen LogP contribution in [0.25, 0.3) is 0 Å². The molecule has 3 aromatic rings. The summed E-state index contributed by atoms with van der Waals surface area (Å²) in [5.74, 6) is 1.09. The molecule has 0 aliphatic carbocycles. The van der Waals surface area contributed by atoms with Gasteiger partial charge < -0.3 is 10.1 Å². The van der Waals surface area contributed by atoms with E-state index in [9.17, 15) is 4.79 Å². The van der Waals surface area contributed by atoms with Gasteiger partial charge in [0, 0.05) is 12.5 Å². The lowest BCUT2D eigenvalue weighted by Gasteiger charge is -2.18. The molecule has 0 radical (unpaired) electrons. The van der Waals surface area contributed by atoms with Gasteiger partial charge in [-0.25, -0.2) is 0 Å². The highest BCUT2D eigenvalue weighted by Gasteiger charge is 2.14. The molecular weight excluding hydrogens is 346 g/mol. The molecule has 3 nitrogen and oxygen atoms in total. The number of hydrogen-bond acceptors (Lipinski definition) is 2. The van der Waals surface area contributed by atoms with E-state index < -0.39 is 0 Å². The topological polar surface area (TPSA) is 38.3 Å². The first-order chi connectivity index (χ1) is 13.7. The molecule has 0 spiro atoms. The molecule has 0 saturated carbocycles. The Balaban J connectivity index is 1.47. The van der Waals surface area contributed by atoms with Crippen LogP contribution in [0.5, 0.6) is 5.75 Å². The lowest BCUT2D eigenvalue weighted by molar-refractivity contribution is -0.121. The van der Waals surface area contributed by atoms with Gasteiger partial charge in [0.15, 0.2) is 0 Å². The van der Waals surface area contributed by atoms with Gasteiger partial charge in [0.1, 0.15) is 5.75 Å². The molecule has 0 heterocycles. The predicted octanol–water partition coefficient (Wildman–Crippen LogP) is 5.10. The van der Waals surface area contributed by atoms with Gasteiger partial charge in [-0.3, -0.25) is 4.79 Å². The van der Waals surface area contributed by atoms with Crippen molar-refractivity contribution >= 4 is 5.91 Å². The van der Waals surface area contributed by atoms with Crippen molar-refractivity contribution in [1.29, 1.82) is 0 Å². The molecular formula is C25H27NO2. The first-order valence-electron chi connectivity index (χ1n) is 9.78. The van der Waals surface area contributed by atoms with Gasteiger partial charge in [0.25, 0.3) is 0 Å². The zero-order valence-electron chi connectivity index (χ0n) is 16.3. The van der Waals surface area contributed by atoms with Gasteiger partial charge in [-0.05, 0) is 36.6 Å². The van der Waals surface area contributed by atoms with Crippen molar-refractivity contribution in [3.8, 4) is 5.75 Å². The molecule has 0 fully saturated rings. The minimum Gasteiger partial charge on any atom is -0.493 e. The standard InChI is InChI=1S/C25H27NO2/c1-20-12-14-23(15-13-20)28-19-17-25(27)26-18-16-24(21-8-4-2-5-9-21)22-10-6-3-7-11-22/h2-15,24H,16-19H2,1H3,(H,26,27). The van der Waals surface area contributed by atoms with Gasteiger partial charge >= 0.3 is 0 Å². The summed E-state index contributed by atoms with van der Waals surface area (Å²) in [6, 6.07) is 28.8. The lowest BCUT2D eigenvalue weighted by atomic mass is 9.88. The number of carbonyl (C=O) groups excluding carboxylic acids is 1. The molecule has 3 aromatic carbocycles. The number of nitrogens with one attached hydrogen (secondary N) is 1. The maximum absolute atomic E-state index is 12.2. The van der Waals surface area contributed by atoms with Crippen LogP contribution in [0.2, 0.25) is 0 Å². The highest BCUT2D eigenvalue weighted by molar-refractivity contribution is 5.75. The maximum Gasteiger partial charge on any atom is 0.223 e. The first kappa shape index (κ1) is 19.7. The summed E-state index contributed by atoms with van der Waals surface area (Å²) in [5, 5.41) is 3.03. The molecule has 0 aliphatic rings.